The summed E-state index contributed by atoms with van der Waals surface area (Å²) < 4.78 is 0. The minimum Gasteiger partial charge on any atom is -0.397 e. The fraction of sp³-hybridized carbons (Fsp3) is 0.294. The van der Waals surface area contributed by atoms with Crippen LogP contribution in [0.2, 0.25) is 0 Å². The Kier molecular flexibility index (Phi) is 3.82. The average molecular weight is 282 g/mol. The van der Waals surface area contributed by atoms with Gasteiger partial charge in [-0.3, -0.25) is 4.90 Å². The zero-order valence-corrected chi connectivity index (χ0v) is 12.1. The third-order valence-corrected chi connectivity index (χ3v) is 4.23. The maximum absolute atomic E-state index is 6.33. The maximum atomic E-state index is 6.33. The van der Waals surface area contributed by atoms with Crippen molar-refractivity contribution in [2.75, 3.05) is 24.6 Å². The first-order valence-corrected chi connectivity index (χ1v) is 7.30. The molecule has 110 valence electrons. The highest BCUT2D eigenvalue weighted by Gasteiger charge is 2.31. The molecule has 0 amide bonds. The summed E-state index contributed by atoms with van der Waals surface area (Å²) in [5, 5.41) is 0. The van der Waals surface area contributed by atoms with Crippen LogP contribution in [-0.2, 0) is 6.54 Å². The number of benzene rings is 2. The summed E-state index contributed by atoms with van der Waals surface area (Å²) in [6, 6.07) is 16.5. The van der Waals surface area contributed by atoms with Crippen LogP contribution in [0.3, 0.4) is 0 Å². The van der Waals surface area contributed by atoms with Crippen molar-refractivity contribution in [3.63, 3.8) is 0 Å². The van der Waals surface area contributed by atoms with Gasteiger partial charge in [-0.25, -0.2) is 0 Å². The molecular weight excluding hydrogens is 260 g/mol. The highest BCUT2D eigenvalue weighted by atomic mass is 15.2. The molecule has 1 aliphatic rings. The molecule has 21 heavy (non-hydrogen) atoms. The van der Waals surface area contributed by atoms with E-state index < -0.39 is 0 Å². The van der Waals surface area contributed by atoms with Crippen molar-refractivity contribution >= 4 is 11.4 Å². The van der Waals surface area contributed by atoms with Crippen LogP contribution in [-0.4, -0.2) is 24.0 Å². The van der Waals surface area contributed by atoms with Crippen LogP contribution in [0, 0.1) is 0 Å². The molecule has 2 aromatic carbocycles. The molecule has 0 spiro atoms. The van der Waals surface area contributed by atoms with Gasteiger partial charge in [-0.15, -0.1) is 0 Å². The molecule has 6 N–H and O–H groups in total. The van der Waals surface area contributed by atoms with Gasteiger partial charge in [-0.1, -0.05) is 36.4 Å². The molecule has 0 bridgehead atoms. The van der Waals surface area contributed by atoms with Gasteiger partial charge in [0.05, 0.1) is 11.4 Å². The van der Waals surface area contributed by atoms with E-state index in [1.165, 1.54) is 11.1 Å². The molecule has 4 heteroatoms. The maximum Gasteiger partial charge on any atom is 0.0550 e. The fourth-order valence-electron chi connectivity index (χ4n) is 3.06. The molecule has 0 saturated carbocycles. The second-order valence-electron chi connectivity index (χ2n) is 5.84. The van der Waals surface area contributed by atoms with Gasteiger partial charge in [0.2, 0.25) is 0 Å². The Balaban J connectivity index is 1.72. The third kappa shape index (κ3) is 3.01. The molecule has 0 aromatic heterocycles. The van der Waals surface area contributed by atoms with Crippen molar-refractivity contribution in [2.24, 2.45) is 5.73 Å². The molecule has 2 unspecified atom stereocenters. The smallest absolute Gasteiger partial charge is 0.0550 e. The number of rotatable bonds is 3. The second-order valence-corrected chi connectivity index (χ2v) is 5.84. The summed E-state index contributed by atoms with van der Waals surface area (Å²) in [5.74, 6) is 0.316. The Labute approximate surface area is 125 Å². The quantitative estimate of drug-likeness (QED) is 0.750. The summed E-state index contributed by atoms with van der Waals surface area (Å²) in [6.45, 7) is 2.80. The van der Waals surface area contributed by atoms with E-state index in [4.69, 9.17) is 17.2 Å². The van der Waals surface area contributed by atoms with Crippen LogP contribution in [0.25, 0.3) is 0 Å². The molecule has 1 saturated heterocycles. The molecule has 1 fully saturated rings. The Bertz CT molecular complexity index is 611. The number of hydrogen-bond donors (Lipinski definition) is 3. The van der Waals surface area contributed by atoms with Gasteiger partial charge >= 0.3 is 0 Å². The van der Waals surface area contributed by atoms with Crippen molar-refractivity contribution < 1.29 is 0 Å². The van der Waals surface area contributed by atoms with Gasteiger partial charge < -0.3 is 17.2 Å². The van der Waals surface area contributed by atoms with Crippen molar-refractivity contribution in [3.05, 3.63) is 59.7 Å². The highest BCUT2D eigenvalue weighted by molar-refractivity contribution is 5.64. The third-order valence-electron chi connectivity index (χ3n) is 4.23. The normalized spacial score (nSPS) is 22.5. The SMILES string of the molecule is Nc1ccc(C2CN(Cc3ccccc3)CC2N)cc1N. The lowest BCUT2D eigenvalue weighted by molar-refractivity contribution is 0.324. The Morgan fingerprint density at radius 1 is 0.952 bits per heavy atom. The molecule has 3 rings (SSSR count). The summed E-state index contributed by atoms with van der Waals surface area (Å²) >= 11 is 0. The fourth-order valence-corrected chi connectivity index (χ4v) is 3.06. The predicted octanol–water partition coefficient (Wildman–Crippen LogP) is 1.78. The molecule has 1 heterocycles. The van der Waals surface area contributed by atoms with E-state index in [-0.39, 0.29) is 6.04 Å². The van der Waals surface area contributed by atoms with E-state index in [9.17, 15) is 0 Å². The number of anilines is 2. The molecule has 4 nitrogen and oxygen atoms in total. The van der Waals surface area contributed by atoms with E-state index >= 15 is 0 Å². The van der Waals surface area contributed by atoms with Gasteiger partial charge in [0, 0.05) is 31.6 Å². The van der Waals surface area contributed by atoms with Gasteiger partial charge in [0.1, 0.15) is 0 Å². The number of likely N-dealkylation sites (tertiary alicyclic amines) is 1. The van der Waals surface area contributed by atoms with Crippen molar-refractivity contribution in [1.82, 2.24) is 4.90 Å². The minimum atomic E-state index is 0.136. The molecule has 2 aromatic rings. The monoisotopic (exact) mass is 282 g/mol. The lowest BCUT2D eigenvalue weighted by Gasteiger charge is -2.17. The van der Waals surface area contributed by atoms with E-state index in [0.29, 0.717) is 17.3 Å². The lowest BCUT2D eigenvalue weighted by atomic mass is 9.94. The number of hydrogen-bond acceptors (Lipinski definition) is 4. The van der Waals surface area contributed by atoms with Crippen molar-refractivity contribution in [2.45, 2.75) is 18.5 Å². The van der Waals surface area contributed by atoms with E-state index in [0.717, 1.165) is 19.6 Å². The first-order chi connectivity index (χ1) is 10.1. The molecule has 2 atom stereocenters. The van der Waals surface area contributed by atoms with E-state index in [1.807, 2.05) is 24.3 Å². The van der Waals surface area contributed by atoms with E-state index in [2.05, 4.69) is 29.2 Å². The number of nitrogens with zero attached hydrogens (tertiary/aromatic N) is 1. The van der Waals surface area contributed by atoms with E-state index in [1.54, 1.807) is 0 Å². The van der Waals surface area contributed by atoms with Gasteiger partial charge in [0.25, 0.3) is 0 Å². The molecule has 0 aliphatic carbocycles. The van der Waals surface area contributed by atoms with Gasteiger partial charge in [-0.2, -0.15) is 0 Å². The summed E-state index contributed by atoms with van der Waals surface area (Å²) in [5.41, 5.74) is 21.8. The average Bonchev–Trinajstić information content (AvgIpc) is 2.84. The Hall–Kier alpha value is -2.04. The molecule has 0 radical (unpaired) electrons. The van der Waals surface area contributed by atoms with Gasteiger partial charge in [0.15, 0.2) is 0 Å². The largest absolute Gasteiger partial charge is 0.397 e. The van der Waals surface area contributed by atoms with Crippen LogP contribution in [0.15, 0.2) is 48.5 Å². The van der Waals surface area contributed by atoms with Crippen LogP contribution >= 0.6 is 0 Å². The standard InChI is InChI=1S/C17H22N4/c18-15-7-6-13(8-16(15)19)14-10-21(11-17(14)20)9-12-4-2-1-3-5-12/h1-8,14,17H,9-11,18-20H2. The van der Waals surface area contributed by atoms with Crippen molar-refractivity contribution in [1.29, 1.82) is 0 Å². The predicted molar refractivity (Wildman–Crippen MR) is 87.7 cm³/mol. The minimum absolute atomic E-state index is 0.136. The summed E-state index contributed by atoms with van der Waals surface area (Å²) in [7, 11) is 0. The van der Waals surface area contributed by atoms with Gasteiger partial charge in [-0.05, 0) is 23.3 Å². The first-order valence-electron chi connectivity index (χ1n) is 7.30. The van der Waals surface area contributed by atoms with Crippen LogP contribution in [0.1, 0.15) is 17.0 Å². The Morgan fingerprint density at radius 2 is 1.71 bits per heavy atom. The zero-order chi connectivity index (χ0) is 14.8. The zero-order valence-electron chi connectivity index (χ0n) is 12.1. The molecule has 1 aliphatic heterocycles. The van der Waals surface area contributed by atoms with Crippen LogP contribution < -0.4 is 17.2 Å². The summed E-state index contributed by atoms with van der Waals surface area (Å²) in [4.78, 5) is 2.40. The number of nitrogens with two attached hydrogens (primary N) is 3. The first kappa shape index (κ1) is 13.9. The van der Waals surface area contributed by atoms with Crippen LogP contribution in [0.4, 0.5) is 11.4 Å². The Morgan fingerprint density at radius 3 is 2.43 bits per heavy atom. The van der Waals surface area contributed by atoms with Crippen molar-refractivity contribution in [3.8, 4) is 0 Å². The summed E-state index contributed by atoms with van der Waals surface area (Å²) in [6.07, 6.45) is 0. The molecular formula is C17H22N4. The highest BCUT2D eigenvalue weighted by Crippen LogP contribution is 2.30. The second kappa shape index (κ2) is 5.76. The topological polar surface area (TPSA) is 81.3 Å². The van der Waals surface area contributed by atoms with Crippen LogP contribution in [0.5, 0.6) is 0 Å². The lowest BCUT2D eigenvalue weighted by Crippen LogP contribution is -2.28. The number of nitrogen functional groups attached to an aromatic ring is 2.